The average Bonchev–Trinajstić information content (AvgIpc) is 1.45. The summed E-state index contributed by atoms with van der Waals surface area (Å²) in [6, 6.07) is 64.2. The van der Waals surface area contributed by atoms with Crippen LogP contribution < -0.4 is 19.8 Å². The van der Waals surface area contributed by atoms with E-state index in [9.17, 15) is 2.74 Å². The second-order valence-electron chi connectivity index (χ2n) is 22.0. The number of hydrogen-bond donors (Lipinski definition) is 0. The van der Waals surface area contributed by atoms with Gasteiger partial charge in [0.05, 0.1) is 0 Å². The summed E-state index contributed by atoms with van der Waals surface area (Å²) in [5.74, 6) is 1.74. The van der Waals surface area contributed by atoms with Gasteiger partial charge in [-0.1, -0.05) is 36.4 Å². The Balaban J connectivity index is 0.954. The first kappa shape index (κ1) is 40.0. The van der Waals surface area contributed by atoms with E-state index in [1.54, 1.807) is 24.3 Å². The summed E-state index contributed by atoms with van der Waals surface area (Å²) in [6.45, 7) is 5.70. The zero-order valence-electron chi connectivity index (χ0n) is 51.8. The molecule has 0 saturated heterocycles. The van der Waals surface area contributed by atoms with E-state index in [2.05, 4.69) is 133 Å². The number of aromatic nitrogens is 3. The van der Waals surface area contributed by atoms with Gasteiger partial charge < -0.3 is 0 Å². The molecule has 0 spiro atoms. The van der Waals surface area contributed by atoms with E-state index in [4.69, 9.17) is 17.9 Å². The Hall–Kier alpha value is -8.25. The molecule has 3 aliphatic heterocycles. The van der Waals surface area contributed by atoms with Gasteiger partial charge in [-0.05, 0) is 30.1 Å². The Morgan fingerprint density at radius 2 is 1.27 bits per heavy atom. The summed E-state index contributed by atoms with van der Waals surface area (Å²) in [6.07, 6.45) is 0.458. The average molecular weight is 1200 g/mol. The summed E-state index contributed by atoms with van der Waals surface area (Å²) in [5.41, 5.74) is 16.7. The monoisotopic (exact) mass is 1200 g/mol. The van der Waals surface area contributed by atoms with Gasteiger partial charge in [0.25, 0.3) is 0 Å². The number of aryl methyl sites for hydroxylation is 2. The summed E-state index contributed by atoms with van der Waals surface area (Å²) in [5, 5.41) is 0. The van der Waals surface area contributed by atoms with Gasteiger partial charge in [-0.3, -0.25) is 0 Å². The third-order valence-electron chi connectivity index (χ3n) is 15.4. The molecule has 6 nitrogen and oxygen atoms in total. The fourth-order valence-corrected chi connectivity index (χ4v) is 13.1. The van der Waals surface area contributed by atoms with Gasteiger partial charge >= 0.3 is 400 Å². The van der Waals surface area contributed by atoms with Gasteiger partial charge in [0.15, 0.2) is 0 Å². The van der Waals surface area contributed by atoms with Crippen LogP contribution in [0.25, 0.3) is 78.0 Å². The van der Waals surface area contributed by atoms with Crippen molar-refractivity contribution < 1.29 is 35.1 Å². The summed E-state index contributed by atoms with van der Waals surface area (Å²) in [4.78, 5) is 9.86. The quantitative estimate of drug-likeness (QED) is 0.135. The number of fused-ring (bicyclic) bond motifs is 10. The van der Waals surface area contributed by atoms with Crippen LogP contribution in [0.2, 0.25) is 0 Å². The van der Waals surface area contributed by atoms with Crippen LogP contribution in [0.4, 0.5) is 22.9 Å². The molecule has 0 fully saturated rings. The second kappa shape index (κ2) is 18.5. The van der Waals surface area contributed by atoms with Crippen molar-refractivity contribution >= 4 is 46.4 Å². The summed E-state index contributed by atoms with van der Waals surface area (Å²) >= 11 is 2.37. The van der Waals surface area contributed by atoms with Gasteiger partial charge in [0.1, 0.15) is 0 Å². The van der Waals surface area contributed by atoms with Crippen molar-refractivity contribution in [3.05, 3.63) is 232 Å². The molecule has 0 atom stereocenters. The van der Waals surface area contributed by atoms with Crippen LogP contribution in [0.15, 0.2) is 206 Å². The maximum atomic E-state index is 10.5. The van der Waals surface area contributed by atoms with Crippen LogP contribution in [-0.4, -0.2) is 21.1 Å². The Bertz CT molecular complexity index is 4680. The zero-order chi connectivity index (χ0) is 59.9. The molecule has 0 saturated carbocycles. The summed E-state index contributed by atoms with van der Waals surface area (Å²) < 4.78 is 84.2. The van der Waals surface area contributed by atoms with Crippen LogP contribution in [0, 0.1) is 23.4 Å². The summed E-state index contributed by atoms with van der Waals surface area (Å²) in [7, 11) is 0. The van der Waals surface area contributed by atoms with Gasteiger partial charge in [-0.2, -0.15) is 0 Å². The molecule has 8 heteroatoms. The van der Waals surface area contributed by atoms with Crippen LogP contribution >= 0.6 is 0 Å². The van der Waals surface area contributed by atoms with E-state index in [-0.39, 0.29) is 36.0 Å². The number of pyridine rings is 1. The predicted octanol–water partition coefficient (Wildman–Crippen LogP) is 17.4. The van der Waals surface area contributed by atoms with Gasteiger partial charge in [0.2, 0.25) is 0 Å². The number of ether oxygens (including phenoxy) is 1. The van der Waals surface area contributed by atoms with Crippen LogP contribution in [-0.2, 0) is 31.2 Å². The van der Waals surface area contributed by atoms with Crippen molar-refractivity contribution in [3.8, 4) is 78.6 Å². The standard InChI is InChI=1S/C70H58BN5O.Pt/c1-44(2)35-47-37-58(49-23-15-19-45(3)36-49)68(59(38-47)51-39-50(48-21-9-8-10-22-48)40-52(41-51)70(5,6)7)74-43-73(60-28-11-12-29-61(60)74)53-24-17-25-54(42-53)77-65-34-33-56-55-26-18-27-57-66-46(4)20-16-32-64(66)75-62-30-13-14-31-63(62)76(69(56)72-65)71(75)67(55)57;/h8-34,36-42,44H,35H2,1-7H3;/i3D3,4D3,37D,38D;. The Kier molecular flexibility index (Phi) is 9.48. The molecule has 0 unspecified atom stereocenters. The Morgan fingerprint density at radius 3 is 2.05 bits per heavy atom. The molecule has 11 aromatic rings. The minimum atomic E-state index is -2.42. The van der Waals surface area contributed by atoms with E-state index in [1.807, 2.05) is 109 Å². The first-order valence-electron chi connectivity index (χ1n) is 30.6. The molecule has 0 aliphatic carbocycles. The number of para-hydroxylation sites is 4. The van der Waals surface area contributed by atoms with Crippen molar-refractivity contribution in [2.24, 2.45) is 5.92 Å². The number of nitrogens with zero attached hydrogens (tertiary/aromatic N) is 5. The number of anilines is 4. The number of hydrogen-bond acceptors (Lipinski definition) is 4. The molecule has 9 aromatic carbocycles. The molecule has 0 bridgehead atoms. The number of benzene rings is 9. The molecule has 2 aromatic heterocycles. The Labute approximate surface area is 479 Å². The molecule has 382 valence electrons. The topological polar surface area (TPSA) is 38.5 Å². The third-order valence-corrected chi connectivity index (χ3v) is 16.4. The maximum absolute atomic E-state index is 10.5. The van der Waals surface area contributed by atoms with Crippen LogP contribution in [0.3, 0.4) is 0 Å². The Morgan fingerprint density at radius 1 is 0.590 bits per heavy atom. The van der Waals surface area contributed by atoms with E-state index in [0.29, 0.717) is 57.4 Å². The first-order valence-corrected chi connectivity index (χ1v) is 27.7. The molecular weight excluding hydrogens is 1130 g/mol. The molecule has 14 rings (SSSR count). The first-order chi connectivity index (χ1) is 41.2. The third kappa shape index (κ3) is 7.80. The van der Waals surface area contributed by atoms with E-state index >= 15 is 0 Å². The molecular formula is C70H58BN5OPt. The number of imidazole rings is 1. The van der Waals surface area contributed by atoms with E-state index < -0.39 is 13.7 Å². The molecule has 0 radical (unpaired) electrons. The second-order valence-corrected chi connectivity index (χ2v) is 23.0. The molecule has 0 amide bonds. The number of rotatable bonds is 9. The zero-order valence-corrected chi connectivity index (χ0v) is 46.1. The molecule has 3 aliphatic rings. The van der Waals surface area contributed by atoms with Gasteiger partial charge in [-0.25, -0.2) is 0 Å². The normalized spacial score (nSPS) is 14.8. The van der Waals surface area contributed by atoms with E-state index in [1.165, 1.54) is 0 Å². The van der Waals surface area contributed by atoms with Crippen molar-refractivity contribution in [1.29, 1.82) is 0 Å². The predicted molar refractivity (Wildman–Crippen MR) is 320 cm³/mol. The van der Waals surface area contributed by atoms with Crippen molar-refractivity contribution in [2.75, 3.05) is 9.62 Å². The fraction of sp³-hybridized carbons (Fsp3) is 0.143. The van der Waals surface area contributed by atoms with E-state index in [0.717, 1.165) is 87.6 Å². The SMILES string of the molecule is [2H]c1c(CC(C)C)c([2H])c(-c2cc(-c3ccccc3)cc(C(C)(C)C)c2)c(-n2[c](=[Pt])n(-c3cccc(Oc4ccc5c(n4)N4B6c7c-5cccc7-c5c(cccc5C([2H])([2H])[2H])N6c5ccccc54)c3)c3ccccc32)c1-c1cccc(C([2H])([2H])[2H])c1. The van der Waals surface area contributed by atoms with Crippen molar-refractivity contribution in [2.45, 2.75) is 60.2 Å². The van der Waals surface area contributed by atoms with Gasteiger partial charge in [0, 0.05) is 15.4 Å². The minimum absolute atomic E-state index is 0.0997. The molecule has 5 heterocycles. The van der Waals surface area contributed by atoms with Crippen LogP contribution in [0.1, 0.15) is 67.8 Å². The van der Waals surface area contributed by atoms with Crippen molar-refractivity contribution in [3.63, 3.8) is 0 Å². The fourth-order valence-electron chi connectivity index (χ4n) is 12.0. The molecule has 0 N–H and O–H groups in total. The van der Waals surface area contributed by atoms with Crippen LogP contribution in [0.5, 0.6) is 11.6 Å². The van der Waals surface area contributed by atoms with Gasteiger partial charge in [-0.15, -0.1) is 0 Å². The molecule has 78 heavy (non-hydrogen) atoms. The van der Waals surface area contributed by atoms with Crippen molar-refractivity contribution in [1.82, 2.24) is 14.1 Å².